The molecule has 2 heterocycles. The Morgan fingerprint density at radius 1 is 1.23 bits per heavy atom. The molecular formula is C18H23NO3. The lowest BCUT2D eigenvalue weighted by Gasteiger charge is -2.26. The summed E-state index contributed by atoms with van der Waals surface area (Å²) in [6.07, 6.45) is 2.11. The van der Waals surface area contributed by atoms with Gasteiger partial charge in [-0.3, -0.25) is 4.79 Å². The van der Waals surface area contributed by atoms with Gasteiger partial charge in [0.15, 0.2) is 0 Å². The van der Waals surface area contributed by atoms with Gasteiger partial charge in [-0.25, -0.2) is 0 Å². The third-order valence-corrected chi connectivity index (χ3v) is 4.23. The molecule has 0 bridgehead atoms. The van der Waals surface area contributed by atoms with Gasteiger partial charge in [0.25, 0.3) is 0 Å². The number of carbonyl (C=O) groups is 1. The van der Waals surface area contributed by atoms with Crippen molar-refractivity contribution >= 4 is 16.9 Å². The number of ether oxygens (including phenoxy) is 1. The quantitative estimate of drug-likeness (QED) is 0.856. The van der Waals surface area contributed by atoms with Crippen molar-refractivity contribution in [1.82, 2.24) is 4.90 Å². The van der Waals surface area contributed by atoms with Crippen molar-refractivity contribution in [3.05, 3.63) is 35.6 Å². The number of amides is 1. The number of fused-ring (bicyclic) bond motifs is 1. The zero-order valence-corrected chi connectivity index (χ0v) is 13.5. The Morgan fingerprint density at radius 2 is 1.95 bits per heavy atom. The fourth-order valence-corrected chi connectivity index (χ4v) is 2.77. The van der Waals surface area contributed by atoms with E-state index >= 15 is 0 Å². The maximum absolute atomic E-state index is 12.4. The number of benzene rings is 1. The van der Waals surface area contributed by atoms with E-state index in [0.717, 1.165) is 16.5 Å². The Balaban J connectivity index is 1.85. The smallest absolute Gasteiger partial charge is 0.227 e. The van der Waals surface area contributed by atoms with Crippen LogP contribution in [0.25, 0.3) is 11.0 Å². The molecule has 3 rings (SSSR count). The molecule has 118 valence electrons. The third-order valence-electron chi connectivity index (χ3n) is 4.23. The second kappa shape index (κ2) is 5.76. The molecule has 1 aliphatic heterocycles. The van der Waals surface area contributed by atoms with Crippen molar-refractivity contribution in [3.8, 4) is 0 Å². The molecule has 0 N–H and O–H groups in total. The number of carbonyl (C=O) groups excluding carboxylic acids is 1. The monoisotopic (exact) mass is 301 g/mol. The Kier molecular flexibility index (Phi) is 3.96. The molecule has 1 aliphatic rings. The first kappa shape index (κ1) is 15.1. The van der Waals surface area contributed by atoms with Crippen molar-refractivity contribution in [1.29, 1.82) is 0 Å². The van der Waals surface area contributed by atoms with Crippen molar-refractivity contribution in [2.75, 3.05) is 26.3 Å². The lowest BCUT2D eigenvalue weighted by Crippen LogP contribution is -2.41. The van der Waals surface area contributed by atoms with E-state index in [-0.39, 0.29) is 11.3 Å². The summed E-state index contributed by atoms with van der Waals surface area (Å²) < 4.78 is 10.9. The Morgan fingerprint density at radius 3 is 2.64 bits per heavy atom. The van der Waals surface area contributed by atoms with Gasteiger partial charge in [-0.05, 0) is 23.1 Å². The molecule has 1 fully saturated rings. The molecule has 1 aromatic carbocycles. The highest BCUT2D eigenvalue weighted by molar-refractivity contribution is 5.88. The first-order chi connectivity index (χ1) is 10.4. The van der Waals surface area contributed by atoms with Gasteiger partial charge < -0.3 is 14.1 Å². The van der Waals surface area contributed by atoms with Gasteiger partial charge in [-0.1, -0.05) is 26.8 Å². The van der Waals surface area contributed by atoms with E-state index in [0.29, 0.717) is 32.7 Å². The zero-order valence-electron chi connectivity index (χ0n) is 13.5. The number of morpholine rings is 1. The first-order valence-corrected chi connectivity index (χ1v) is 7.81. The van der Waals surface area contributed by atoms with Gasteiger partial charge in [-0.2, -0.15) is 0 Å². The molecule has 0 radical (unpaired) electrons. The normalized spacial score (nSPS) is 16.2. The Bertz CT molecular complexity index is 675. The van der Waals surface area contributed by atoms with Crippen LogP contribution in [-0.4, -0.2) is 37.1 Å². The largest absolute Gasteiger partial charge is 0.464 e. The summed E-state index contributed by atoms with van der Waals surface area (Å²) in [6.45, 7) is 9.19. The van der Waals surface area contributed by atoms with Crippen molar-refractivity contribution in [2.45, 2.75) is 32.6 Å². The average molecular weight is 301 g/mol. The lowest BCUT2D eigenvalue weighted by molar-refractivity contribution is -0.134. The fraction of sp³-hybridized carbons (Fsp3) is 0.500. The second-order valence-electron chi connectivity index (χ2n) is 6.89. The van der Waals surface area contributed by atoms with Gasteiger partial charge in [0.2, 0.25) is 5.91 Å². The second-order valence-corrected chi connectivity index (χ2v) is 6.89. The topological polar surface area (TPSA) is 42.7 Å². The molecule has 0 aliphatic carbocycles. The van der Waals surface area contributed by atoms with E-state index in [1.807, 2.05) is 11.0 Å². The van der Waals surface area contributed by atoms with Crippen molar-refractivity contribution in [3.63, 3.8) is 0 Å². The van der Waals surface area contributed by atoms with Crippen LogP contribution in [0.2, 0.25) is 0 Å². The molecule has 0 saturated carbocycles. The van der Waals surface area contributed by atoms with Crippen LogP contribution in [0.15, 0.2) is 28.9 Å². The summed E-state index contributed by atoms with van der Waals surface area (Å²) in [5.41, 5.74) is 3.15. The molecule has 1 amide bonds. The van der Waals surface area contributed by atoms with Crippen LogP contribution in [0.5, 0.6) is 0 Å². The predicted molar refractivity (Wildman–Crippen MR) is 86.0 cm³/mol. The highest BCUT2D eigenvalue weighted by Crippen LogP contribution is 2.29. The summed E-state index contributed by atoms with van der Waals surface area (Å²) in [7, 11) is 0. The van der Waals surface area contributed by atoms with Crippen molar-refractivity contribution < 1.29 is 13.9 Å². The fourth-order valence-electron chi connectivity index (χ4n) is 2.77. The number of furan rings is 1. The van der Waals surface area contributed by atoms with Crippen LogP contribution in [0, 0.1) is 0 Å². The minimum absolute atomic E-state index is 0.0803. The molecule has 1 aromatic heterocycles. The van der Waals surface area contributed by atoms with Gasteiger partial charge in [-0.15, -0.1) is 0 Å². The Hall–Kier alpha value is -1.81. The van der Waals surface area contributed by atoms with Crippen LogP contribution in [-0.2, 0) is 21.4 Å². The zero-order chi connectivity index (χ0) is 15.7. The lowest BCUT2D eigenvalue weighted by atomic mass is 9.86. The summed E-state index contributed by atoms with van der Waals surface area (Å²) >= 11 is 0. The van der Waals surface area contributed by atoms with Gasteiger partial charge >= 0.3 is 0 Å². The number of hydrogen-bond acceptors (Lipinski definition) is 3. The van der Waals surface area contributed by atoms with Crippen LogP contribution in [0.1, 0.15) is 31.9 Å². The summed E-state index contributed by atoms with van der Waals surface area (Å²) in [5, 5.41) is 1.05. The predicted octanol–water partition coefficient (Wildman–Crippen LogP) is 3.13. The van der Waals surface area contributed by atoms with Crippen LogP contribution >= 0.6 is 0 Å². The molecule has 0 atom stereocenters. The van der Waals surface area contributed by atoms with Gasteiger partial charge in [0.1, 0.15) is 5.58 Å². The molecule has 1 saturated heterocycles. The summed E-state index contributed by atoms with van der Waals surface area (Å²) in [6, 6.07) is 6.25. The highest BCUT2D eigenvalue weighted by Gasteiger charge is 2.20. The molecule has 22 heavy (non-hydrogen) atoms. The summed E-state index contributed by atoms with van der Waals surface area (Å²) in [4.78, 5) is 14.3. The highest BCUT2D eigenvalue weighted by atomic mass is 16.5. The minimum atomic E-state index is 0.0803. The van der Waals surface area contributed by atoms with E-state index in [1.54, 1.807) is 6.26 Å². The number of rotatable bonds is 2. The first-order valence-electron chi connectivity index (χ1n) is 7.81. The maximum atomic E-state index is 12.4. The third kappa shape index (κ3) is 3.02. The molecular weight excluding hydrogens is 278 g/mol. The standard InChI is InChI=1S/C18H23NO3/c1-18(2,3)14-4-5-16-15(11-14)13(12-22-16)10-17(20)19-6-8-21-9-7-19/h4-5,11-12H,6-10H2,1-3H3. The molecule has 0 unspecified atom stereocenters. The Labute approximate surface area is 131 Å². The average Bonchev–Trinajstić information content (AvgIpc) is 2.89. The van der Waals surface area contributed by atoms with E-state index in [9.17, 15) is 4.79 Å². The number of nitrogens with zero attached hydrogens (tertiary/aromatic N) is 1. The van der Waals surface area contributed by atoms with E-state index < -0.39 is 0 Å². The van der Waals surface area contributed by atoms with E-state index in [2.05, 4.69) is 32.9 Å². The van der Waals surface area contributed by atoms with Crippen LogP contribution < -0.4 is 0 Å². The van der Waals surface area contributed by atoms with Crippen molar-refractivity contribution in [2.24, 2.45) is 0 Å². The van der Waals surface area contributed by atoms with Crippen LogP contribution in [0.3, 0.4) is 0 Å². The van der Waals surface area contributed by atoms with Crippen LogP contribution in [0.4, 0.5) is 0 Å². The molecule has 4 heteroatoms. The molecule has 4 nitrogen and oxygen atoms in total. The van der Waals surface area contributed by atoms with Gasteiger partial charge in [0, 0.05) is 24.0 Å². The summed E-state index contributed by atoms with van der Waals surface area (Å²) in [5.74, 6) is 0.146. The SMILES string of the molecule is CC(C)(C)c1ccc2occ(CC(=O)N3CCOCC3)c2c1. The molecule has 2 aromatic rings. The number of hydrogen-bond donors (Lipinski definition) is 0. The minimum Gasteiger partial charge on any atom is -0.464 e. The van der Waals surface area contributed by atoms with Gasteiger partial charge in [0.05, 0.1) is 25.9 Å². The van der Waals surface area contributed by atoms with E-state index in [1.165, 1.54) is 5.56 Å². The maximum Gasteiger partial charge on any atom is 0.227 e. The van der Waals surface area contributed by atoms with E-state index in [4.69, 9.17) is 9.15 Å². The molecule has 0 spiro atoms.